The van der Waals surface area contributed by atoms with Gasteiger partial charge >= 0.3 is 0 Å². The lowest BCUT2D eigenvalue weighted by Crippen LogP contribution is -2.22. The second-order valence-electron chi connectivity index (χ2n) is 6.02. The van der Waals surface area contributed by atoms with Crippen LogP contribution in [0.4, 0.5) is 11.4 Å². The number of benzene rings is 3. The number of nitrogens with zero attached hydrogens (tertiary/aromatic N) is 1. The van der Waals surface area contributed by atoms with E-state index in [1.54, 1.807) is 36.2 Å². The Hall–Kier alpha value is -3.40. The van der Waals surface area contributed by atoms with Crippen molar-refractivity contribution in [3.63, 3.8) is 0 Å². The van der Waals surface area contributed by atoms with Crippen molar-refractivity contribution in [1.29, 1.82) is 0 Å². The van der Waals surface area contributed by atoms with Gasteiger partial charge in [0.15, 0.2) is 0 Å². The monoisotopic (exact) mass is 344 g/mol. The summed E-state index contributed by atoms with van der Waals surface area (Å²) in [4.78, 5) is 25.3. The van der Waals surface area contributed by atoms with Crippen molar-refractivity contribution >= 4 is 23.2 Å². The van der Waals surface area contributed by atoms with Gasteiger partial charge in [-0.1, -0.05) is 42.5 Å². The molecule has 3 rings (SSSR count). The molecule has 3 aromatic carbocycles. The quantitative estimate of drug-likeness (QED) is 0.752. The number of hydrogen-bond donors (Lipinski definition) is 1. The third-order valence-corrected chi connectivity index (χ3v) is 4.24. The molecular weight excluding hydrogens is 324 g/mol. The van der Waals surface area contributed by atoms with Gasteiger partial charge < -0.3 is 10.2 Å². The molecule has 2 amide bonds. The summed E-state index contributed by atoms with van der Waals surface area (Å²) < 4.78 is 0. The van der Waals surface area contributed by atoms with Crippen molar-refractivity contribution in [3.8, 4) is 11.1 Å². The van der Waals surface area contributed by atoms with E-state index in [9.17, 15) is 9.59 Å². The summed E-state index contributed by atoms with van der Waals surface area (Å²) in [5.41, 5.74) is 4.24. The maximum atomic E-state index is 12.4. The number of carbonyl (C=O) groups is 2. The SMILES string of the molecule is CC(=O)N(C)c1ccc(NC(=O)c2ccc(-c3ccccc3)cc2)cc1. The van der Waals surface area contributed by atoms with Gasteiger partial charge in [-0.3, -0.25) is 9.59 Å². The largest absolute Gasteiger partial charge is 0.322 e. The molecule has 0 bridgehead atoms. The van der Waals surface area contributed by atoms with Crippen LogP contribution in [0.25, 0.3) is 11.1 Å². The van der Waals surface area contributed by atoms with E-state index in [0.717, 1.165) is 16.8 Å². The van der Waals surface area contributed by atoms with Crippen LogP contribution in [-0.2, 0) is 4.79 Å². The van der Waals surface area contributed by atoms with Crippen LogP contribution in [-0.4, -0.2) is 18.9 Å². The molecule has 0 spiro atoms. The highest BCUT2D eigenvalue weighted by molar-refractivity contribution is 6.04. The Morgan fingerprint density at radius 3 is 1.92 bits per heavy atom. The zero-order valence-corrected chi connectivity index (χ0v) is 14.8. The molecule has 0 fully saturated rings. The van der Waals surface area contributed by atoms with Gasteiger partial charge in [0.05, 0.1) is 0 Å². The summed E-state index contributed by atoms with van der Waals surface area (Å²) in [5, 5.41) is 2.87. The predicted octanol–water partition coefficient (Wildman–Crippen LogP) is 4.59. The first-order chi connectivity index (χ1) is 12.5. The zero-order valence-electron chi connectivity index (χ0n) is 14.8. The highest BCUT2D eigenvalue weighted by atomic mass is 16.2. The van der Waals surface area contributed by atoms with Crippen molar-refractivity contribution in [2.24, 2.45) is 0 Å². The van der Waals surface area contributed by atoms with Crippen molar-refractivity contribution in [1.82, 2.24) is 0 Å². The van der Waals surface area contributed by atoms with Crippen molar-refractivity contribution in [2.45, 2.75) is 6.92 Å². The van der Waals surface area contributed by atoms with E-state index in [4.69, 9.17) is 0 Å². The number of rotatable bonds is 4. The van der Waals surface area contributed by atoms with E-state index in [-0.39, 0.29) is 11.8 Å². The minimum atomic E-state index is -0.169. The van der Waals surface area contributed by atoms with E-state index in [1.807, 2.05) is 54.6 Å². The van der Waals surface area contributed by atoms with Gasteiger partial charge in [-0.05, 0) is 47.5 Å². The fraction of sp³-hybridized carbons (Fsp3) is 0.0909. The first-order valence-corrected chi connectivity index (χ1v) is 8.36. The second kappa shape index (κ2) is 7.66. The maximum absolute atomic E-state index is 12.4. The second-order valence-corrected chi connectivity index (χ2v) is 6.02. The molecule has 0 radical (unpaired) electrons. The predicted molar refractivity (Wildman–Crippen MR) is 105 cm³/mol. The van der Waals surface area contributed by atoms with Crippen LogP contribution in [0.1, 0.15) is 17.3 Å². The standard InChI is InChI=1S/C22H20N2O2/c1-16(25)24(2)21-14-12-20(13-15-21)23-22(26)19-10-8-18(9-11-19)17-6-4-3-5-7-17/h3-15H,1-2H3,(H,23,26). The van der Waals surface area contributed by atoms with Crippen LogP contribution in [0, 0.1) is 0 Å². The van der Waals surface area contributed by atoms with Crippen molar-refractivity contribution < 1.29 is 9.59 Å². The van der Waals surface area contributed by atoms with E-state index in [2.05, 4.69) is 5.32 Å². The fourth-order valence-electron chi connectivity index (χ4n) is 2.60. The van der Waals surface area contributed by atoms with Crippen LogP contribution in [0.5, 0.6) is 0 Å². The Balaban J connectivity index is 1.69. The first kappa shape index (κ1) is 17.4. The molecule has 3 aromatic rings. The lowest BCUT2D eigenvalue weighted by Gasteiger charge is -2.15. The van der Waals surface area contributed by atoms with Crippen molar-refractivity contribution in [3.05, 3.63) is 84.4 Å². The van der Waals surface area contributed by atoms with Crippen LogP contribution in [0.2, 0.25) is 0 Å². The Bertz CT molecular complexity index is 901. The summed E-state index contributed by atoms with van der Waals surface area (Å²) in [5.74, 6) is -0.211. The van der Waals surface area contributed by atoms with Gasteiger partial charge in [-0.15, -0.1) is 0 Å². The molecule has 4 nitrogen and oxygen atoms in total. The minimum absolute atomic E-state index is 0.0414. The molecule has 26 heavy (non-hydrogen) atoms. The summed E-state index contributed by atoms with van der Waals surface area (Å²) in [7, 11) is 1.71. The third kappa shape index (κ3) is 3.98. The van der Waals surface area contributed by atoms with Crippen LogP contribution >= 0.6 is 0 Å². The molecule has 0 aromatic heterocycles. The smallest absolute Gasteiger partial charge is 0.255 e. The molecule has 0 heterocycles. The third-order valence-electron chi connectivity index (χ3n) is 4.24. The highest BCUT2D eigenvalue weighted by Crippen LogP contribution is 2.21. The molecule has 1 N–H and O–H groups in total. The van der Waals surface area contributed by atoms with E-state index in [0.29, 0.717) is 11.3 Å². The minimum Gasteiger partial charge on any atom is -0.322 e. The van der Waals surface area contributed by atoms with Gasteiger partial charge in [-0.25, -0.2) is 0 Å². The van der Waals surface area contributed by atoms with E-state index < -0.39 is 0 Å². The molecule has 0 aliphatic rings. The molecule has 130 valence electrons. The lowest BCUT2D eigenvalue weighted by atomic mass is 10.0. The summed E-state index contributed by atoms with van der Waals surface area (Å²) in [6.07, 6.45) is 0. The number of anilines is 2. The Labute approximate surface area is 153 Å². The van der Waals surface area contributed by atoms with Crippen LogP contribution in [0.3, 0.4) is 0 Å². The lowest BCUT2D eigenvalue weighted by molar-refractivity contribution is -0.116. The van der Waals surface area contributed by atoms with Crippen molar-refractivity contribution in [2.75, 3.05) is 17.3 Å². The average molecular weight is 344 g/mol. The fourth-order valence-corrected chi connectivity index (χ4v) is 2.60. The number of amides is 2. The number of nitrogens with one attached hydrogen (secondary N) is 1. The van der Waals surface area contributed by atoms with Gasteiger partial charge in [0, 0.05) is 30.9 Å². The normalized spacial score (nSPS) is 10.2. The Morgan fingerprint density at radius 2 is 1.35 bits per heavy atom. The zero-order chi connectivity index (χ0) is 18.5. The number of carbonyl (C=O) groups excluding carboxylic acids is 2. The van der Waals surface area contributed by atoms with Gasteiger partial charge in [0.1, 0.15) is 0 Å². The molecule has 0 saturated heterocycles. The molecule has 0 saturated carbocycles. The molecule has 0 atom stereocenters. The average Bonchev–Trinajstić information content (AvgIpc) is 2.68. The van der Waals surface area contributed by atoms with E-state index in [1.165, 1.54) is 6.92 Å². The van der Waals surface area contributed by atoms with E-state index >= 15 is 0 Å². The molecule has 0 unspecified atom stereocenters. The summed E-state index contributed by atoms with van der Waals surface area (Å²) >= 11 is 0. The maximum Gasteiger partial charge on any atom is 0.255 e. The topological polar surface area (TPSA) is 49.4 Å². The summed E-state index contributed by atoms with van der Waals surface area (Å²) in [6, 6.07) is 24.7. The molecular formula is C22H20N2O2. The Morgan fingerprint density at radius 1 is 0.769 bits per heavy atom. The Kier molecular flexibility index (Phi) is 5.13. The van der Waals surface area contributed by atoms with Crippen LogP contribution < -0.4 is 10.2 Å². The van der Waals surface area contributed by atoms with Crippen LogP contribution in [0.15, 0.2) is 78.9 Å². The van der Waals surface area contributed by atoms with Gasteiger partial charge in [0.25, 0.3) is 5.91 Å². The molecule has 4 heteroatoms. The number of hydrogen-bond acceptors (Lipinski definition) is 2. The molecule has 0 aliphatic carbocycles. The molecule has 0 aliphatic heterocycles. The summed E-state index contributed by atoms with van der Waals surface area (Å²) in [6.45, 7) is 1.51. The van der Waals surface area contributed by atoms with Gasteiger partial charge in [0.2, 0.25) is 5.91 Å². The van der Waals surface area contributed by atoms with Gasteiger partial charge in [-0.2, -0.15) is 0 Å². The highest BCUT2D eigenvalue weighted by Gasteiger charge is 2.08. The first-order valence-electron chi connectivity index (χ1n) is 8.36.